The molecule has 0 radical (unpaired) electrons. The molecule has 5 rings (SSSR count). The Morgan fingerprint density at radius 2 is 1.83 bits per heavy atom. The summed E-state index contributed by atoms with van der Waals surface area (Å²) in [5, 5.41) is 4.09. The molecule has 1 saturated heterocycles. The number of amides is 4. The third-order valence-electron chi connectivity index (χ3n) is 7.46. The van der Waals surface area contributed by atoms with Gasteiger partial charge < -0.3 is 15.4 Å². The molecule has 0 unspecified atom stereocenters. The number of carbonyl (C=O) groups is 4. The first-order valence-corrected chi connectivity index (χ1v) is 12.9. The fourth-order valence-electron chi connectivity index (χ4n) is 5.22. The van der Waals surface area contributed by atoms with Crippen LogP contribution in [0.25, 0.3) is 11.1 Å². The van der Waals surface area contributed by atoms with Gasteiger partial charge in [0.1, 0.15) is 24.9 Å². The van der Waals surface area contributed by atoms with E-state index >= 15 is 0 Å². The van der Waals surface area contributed by atoms with Gasteiger partial charge in [-0.2, -0.15) is 18.3 Å². The summed E-state index contributed by atoms with van der Waals surface area (Å²) >= 11 is 0. The van der Waals surface area contributed by atoms with Crippen LogP contribution in [0.15, 0.2) is 54.9 Å². The number of ether oxygens (including phenoxy) is 1. The van der Waals surface area contributed by atoms with Crippen LogP contribution in [-0.2, 0) is 44.2 Å². The van der Waals surface area contributed by atoms with Gasteiger partial charge in [0.2, 0.25) is 17.4 Å². The normalized spacial score (nSPS) is 18.7. The predicted octanol–water partition coefficient (Wildman–Crippen LogP) is 3.27. The van der Waals surface area contributed by atoms with Crippen molar-refractivity contribution in [3.05, 3.63) is 77.4 Å². The van der Waals surface area contributed by atoms with Crippen LogP contribution in [0.2, 0.25) is 0 Å². The van der Waals surface area contributed by atoms with Gasteiger partial charge >= 0.3 is 12.3 Å². The number of halogens is 4. The van der Waals surface area contributed by atoms with E-state index in [9.17, 15) is 36.7 Å². The molecular formula is C28H25F4N5O5. The van der Waals surface area contributed by atoms with Gasteiger partial charge in [0.15, 0.2) is 0 Å². The zero-order chi connectivity index (χ0) is 30.4. The van der Waals surface area contributed by atoms with Crippen molar-refractivity contribution in [2.45, 2.75) is 50.7 Å². The number of hydrogen-bond donors (Lipinski definition) is 1. The number of aryl methyl sites for hydroxylation is 1. The van der Waals surface area contributed by atoms with Gasteiger partial charge in [0, 0.05) is 30.3 Å². The second kappa shape index (κ2) is 10.6. The fraction of sp³-hybridized carbons (Fsp3) is 0.321. The maximum atomic E-state index is 13.7. The number of nitrogens with zero attached hydrogens (tertiary/aromatic N) is 4. The van der Waals surface area contributed by atoms with Crippen LogP contribution < -0.4 is 5.73 Å². The highest BCUT2D eigenvalue weighted by Crippen LogP contribution is 2.46. The Labute approximate surface area is 236 Å². The summed E-state index contributed by atoms with van der Waals surface area (Å²) in [5.74, 6) is -3.13. The molecule has 1 aliphatic carbocycles. The molecule has 2 aromatic carbocycles. The van der Waals surface area contributed by atoms with E-state index in [1.54, 1.807) is 30.6 Å². The first-order chi connectivity index (χ1) is 19.8. The van der Waals surface area contributed by atoms with E-state index in [-0.39, 0.29) is 18.5 Å². The summed E-state index contributed by atoms with van der Waals surface area (Å²) in [4.78, 5) is 51.8. The largest absolute Gasteiger partial charge is 0.427 e. The highest BCUT2D eigenvalue weighted by atomic mass is 19.4. The molecule has 2 heterocycles. The van der Waals surface area contributed by atoms with Crippen molar-refractivity contribution in [1.82, 2.24) is 19.6 Å². The molecule has 2 aliphatic rings. The van der Waals surface area contributed by atoms with Gasteiger partial charge in [-0.1, -0.05) is 30.3 Å². The number of aromatic nitrogens is 2. The SMILES string of the molecule is C[C@H](N(Cc1ccc(F)cc1)C(=O)CN1C(=O)O[C@]2(CCc3cc(-c4cnn(CC(N)=O)c4)ccc32)C1=O)C(F)(F)F. The van der Waals surface area contributed by atoms with Gasteiger partial charge in [0.05, 0.1) is 6.20 Å². The van der Waals surface area contributed by atoms with Crippen molar-refractivity contribution in [2.24, 2.45) is 5.73 Å². The van der Waals surface area contributed by atoms with E-state index < -0.39 is 60.5 Å². The summed E-state index contributed by atoms with van der Waals surface area (Å²) in [6.45, 7) is -0.803. The number of imide groups is 1. The zero-order valence-corrected chi connectivity index (χ0v) is 22.2. The summed E-state index contributed by atoms with van der Waals surface area (Å²) in [6.07, 6.45) is -2.33. The van der Waals surface area contributed by atoms with E-state index in [2.05, 4.69) is 5.10 Å². The van der Waals surface area contributed by atoms with E-state index in [0.29, 0.717) is 32.9 Å². The summed E-state index contributed by atoms with van der Waals surface area (Å²) in [6, 6.07) is 7.43. The Kier molecular flexibility index (Phi) is 7.25. The van der Waals surface area contributed by atoms with Crippen molar-refractivity contribution < 1.29 is 41.5 Å². The number of carbonyl (C=O) groups excluding carboxylic acids is 4. The van der Waals surface area contributed by atoms with Crippen LogP contribution in [0.3, 0.4) is 0 Å². The fourth-order valence-corrected chi connectivity index (χ4v) is 5.22. The highest BCUT2D eigenvalue weighted by Gasteiger charge is 2.58. The second-order valence-corrected chi connectivity index (χ2v) is 10.2. The number of hydrogen-bond acceptors (Lipinski definition) is 6. The Bertz CT molecular complexity index is 1570. The number of primary amides is 1. The van der Waals surface area contributed by atoms with Gasteiger partial charge in [-0.05, 0) is 42.2 Å². The van der Waals surface area contributed by atoms with Crippen LogP contribution in [-0.4, -0.2) is 62.2 Å². The molecule has 3 aromatic rings. The average Bonchev–Trinajstić information content (AvgIpc) is 3.60. The van der Waals surface area contributed by atoms with Gasteiger partial charge in [-0.25, -0.2) is 14.1 Å². The Morgan fingerprint density at radius 1 is 1.12 bits per heavy atom. The average molecular weight is 588 g/mol. The number of rotatable bonds is 8. The molecule has 2 atom stereocenters. The van der Waals surface area contributed by atoms with E-state index in [4.69, 9.17) is 10.5 Å². The Morgan fingerprint density at radius 3 is 2.50 bits per heavy atom. The van der Waals surface area contributed by atoms with E-state index in [0.717, 1.165) is 24.6 Å². The van der Waals surface area contributed by atoms with Gasteiger partial charge in [-0.3, -0.25) is 19.1 Å². The second-order valence-electron chi connectivity index (χ2n) is 10.2. The van der Waals surface area contributed by atoms with Crippen LogP contribution in [0.5, 0.6) is 0 Å². The van der Waals surface area contributed by atoms with Crippen molar-refractivity contribution in [3.8, 4) is 11.1 Å². The summed E-state index contributed by atoms with van der Waals surface area (Å²) in [7, 11) is 0. The third kappa shape index (κ3) is 5.31. The van der Waals surface area contributed by atoms with Crippen LogP contribution in [0.1, 0.15) is 30.0 Å². The number of benzene rings is 2. The predicted molar refractivity (Wildman–Crippen MR) is 138 cm³/mol. The summed E-state index contributed by atoms with van der Waals surface area (Å²) in [5.41, 5.74) is 6.25. The number of fused-ring (bicyclic) bond motifs is 2. The first kappa shape index (κ1) is 28.8. The molecule has 1 fully saturated rings. The molecule has 0 bridgehead atoms. The Hall–Kier alpha value is -4.75. The van der Waals surface area contributed by atoms with Crippen LogP contribution >= 0.6 is 0 Å². The minimum absolute atomic E-state index is 0.0836. The molecule has 1 spiro atoms. The van der Waals surface area contributed by atoms with Crippen LogP contribution in [0.4, 0.5) is 22.4 Å². The summed E-state index contributed by atoms with van der Waals surface area (Å²) < 4.78 is 61.2. The standard InChI is InChI=1S/C28H25F4N5O5/c1-16(28(30,31)32)36(12-17-2-5-21(29)6-3-17)24(39)15-37-25(40)27(42-26(37)41)9-8-19-10-18(4-7-22(19)27)20-11-34-35(13-20)14-23(33)38/h2-7,10-11,13,16H,8-9,12,14-15H2,1H3,(H2,33,38)/t16-,27-/m0/s1. The van der Waals surface area contributed by atoms with Crippen molar-refractivity contribution in [1.29, 1.82) is 0 Å². The maximum Gasteiger partial charge on any atom is 0.418 e. The van der Waals surface area contributed by atoms with Crippen molar-refractivity contribution in [3.63, 3.8) is 0 Å². The lowest BCUT2D eigenvalue weighted by Gasteiger charge is -2.31. The quantitative estimate of drug-likeness (QED) is 0.403. The lowest BCUT2D eigenvalue weighted by molar-refractivity contribution is -0.187. The van der Waals surface area contributed by atoms with E-state index in [1.807, 2.05) is 0 Å². The van der Waals surface area contributed by atoms with Crippen molar-refractivity contribution >= 4 is 23.8 Å². The molecule has 1 aromatic heterocycles. The number of nitrogens with two attached hydrogens (primary N) is 1. The lowest BCUT2D eigenvalue weighted by Crippen LogP contribution is -2.51. The molecular weight excluding hydrogens is 562 g/mol. The molecule has 0 saturated carbocycles. The molecule has 14 heteroatoms. The van der Waals surface area contributed by atoms with Crippen molar-refractivity contribution in [2.75, 3.05) is 6.54 Å². The first-order valence-electron chi connectivity index (χ1n) is 12.9. The molecule has 2 N–H and O–H groups in total. The Balaban J connectivity index is 1.37. The molecule has 42 heavy (non-hydrogen) atoms. The van der Waals surface area contributed by atoms with Gasteiger partial charge in [-0.15, -0.1) is 0 Å². The van der Waals surface area contributed by atoms with Gasteiger partial charge in [0.25, 0.3) is 5.91 Å². The highest BCUT2D eigenvalue weighted by molar-refractivity contribution is 6.06. The lowest BCUT2D eigenvalue weighted by atomic mass is 9.93. The van der Waals surface area contributed by atoms with E-state index in [1.165, 1.54) is 16.8 Å². The third-order valence-corrected chi connectivity index (χ3v) is 7.46. The zero-order valence-electron chi connectivity index (χ0n) is 22.2. The molecule has 1 aliphatic heterocycles. The molecule has 220 valence electrons. The minimum Gasteiger partial charge on any atom is -0.427 e. The minimum atomic E-state index is -4.80. The van der Waals surface area contributed by atoms with Crippen LogP contribution in [0, 0.1) is 5.82 Å². The topological polar surface area (TPSA) is 128 Å². The maximum absolute atomic E-state index is 13.7. The number of alkyl halides is 3. The molecule has 10 nitrogen and oxygen atoms in total. The monoisotopic (exact) mass is 587 g/mol. The smallest absolute Gasteiger partial charge is 0.418 e. The molecule has 4 amide bonds.